The lowest BCUT2D eigenvalue weighted by atomic mass is 9.78. The van der Waals surface area contributed by atoms with Crippen molar-refractivity contribution in [3.8, 4) is 5.75 Å². The highest BCUT2D eigenvalue weighted by Gasteiger charge is 2.27. The summed E-state index contributed by atoms with van der Waals surface area (Å²) < 4.78 is 0. The number of ketones is 1. The molecule has 0 aliphatic rings. The second-order valence-corrected chi connectivity index (χ2v) is 8.08. The monoisotopic (exact) mass is 291 g/mol. The molecule has 0 bridgehead atoms. The Bertz CT molecular complexity index is 496. The molecular weight excluding hydrogens is 262 g/mol. The highest BCUT2D eigenvalue weighted by atomic mass is 16.3. The molecule has 1 aromatic carbocycles. The van der Waals surface area contributed by atoms with Crippen molar-refractivity contribution in [3.63, 3.8) is 0 Å². The van der Waals surface area contributed by atoms with E-state index in [0.29, 0.717) is 17.9 Å². The first-order valence-electron chi connectivity index (χ1n) is 7.40. The van der Waals surface area contributed by atoms with Crippen LogP contribution in [0.3, 0.4) is 0 Å². The van der Waals surface area contributed by atoms with Crippen LogP contribution in [0.2, 0.25) is 0 Å². The van der Waals surface area contributed by atoms with Crippen molar-refractivity contribution in [2.45, 2.75) is 52.4 Å². The van der Waals surface area contributed by atoms with Crippen molar-refractivity contribution < 1.29 is 9.90 Å². The molecule has 21 heavy (non-hydrogen) atoms. The lowest BCUT2D eigenvalue weighted by Crippen LogP contribution is -2.24. The average Bonchev–Trinajstić information content (AvgIpc) is 2.24. The number of Topliss-reactive ketones (excluding diaryl/α,β-unsaturated/α-hetero) is 1. The lowest BCUT2D eigenvalue weighted by molar-refractivity contribution is 0.0957. The highest BCUT2D eigenvalue weighted by molar-refractivity contribution is 5.98. The molecule has 0 atom stereocenters. The Morgan fingerprint density at radius 1 is 1.00 bits per heavy atom. The van der Waals surface area contributed by atoms with E-state index in [1.807, 2.05) is 31.1 Å². The van der Waals surface area contributed by atoms with Gasteiger partial charge in [-0.1, -0.05) is 41.5 Å². The second-order valence-electron chi connectivity index (χ2n) is 8.08. The molecule has 118 valence electrons. The van der Waals surface area contributed by atoms with Crippen LogP contribution in [0.4, 0.5) is 0 Å². The van der Waals surface area contributed by atoms with E-state index < -0.39 is 0 Å². The summed E-state index contributed by atoms with van der Waals surface area (Å²) in [6.07, 6.45) is 0. The Morgan fingerprint density at radius 3 is 1.67 bits per heavy atom. The van der Waals surface area contributed by atoms with Crippen LogP contribution in [-0.4, -0.2) is 36.4 Å². The molecule has 0 spiro atoms. The maximum absolute atomic E-state index is 12.4. The normalized spacial score (nSPS) is 12.8. The fourth-order valence-corrected chi connectivity index (χ4v) is 2.32. The number of nitrogens with zero attached hydrogens (tertiary/aromatic N) is 1. The van der Waals surface area contributed by atoms with Gasteiger partial charge in [0.15, 0.2) is 5.78 Å². The largest absolute Gasteiger partial charge is 0.507 e. The first-order valence-corrected chi connectivity index (χ1v) is 7.40. The van der Waals surface area contributed by atoms with E-state index in [2.05, 4.69) is 41.5 Å². The molecule has 3 heteroatoms. The molecule has 0 aliphatic heterocycles. The molecule has 0 aromatic heterocycles. The summed E-state index contributed by atoms with van der Waals surface area (Å²) in [5, 5.41) is 10.6. The van der Waals surface area contributed by atoms with Gasteiger partial charge in [0.05, 0.1) is 6.54 Å². The Kier molecular flexibility index (Phi) is 4.89. The summed E-state index contributed by atoms with van der Waals surface area (Å²) >= 11 is 0. The van der Waals surface area contributed by atoms with E-state index >= 15 is 0 Å². The van der Waals surface area contributed by atoms with Gasteiger partial charge >= 0.3 is 0 Å². The number of rotatable bonds is 3. The Hall–Kier alpha value is -1.35. The number of likely N-dealkylation sites (N-methyl/N-ethyl adjacent to an activating group) is 1. The van der Waals surface area contributed by atoms with E-state index in [9.17, 15) is 9.90 Å². The van der Waals surface area contributed by atoms with E-state index in [0.717, 1.165) is 11.1 Å². The smallest absolute Gasteiger partial charge is 0.176 e. The lowest BCUT2D eigenvalue weighted by Gasteiger charge is -2.28. The third kappa shape index (κ3) is 4.31. The van der Waals surface area contributed by atoms with Crippen LogP contribution >= 0.6 is 0 Å². The van der Waals surface area contributed by atoms with Gasteiger partial charge in [-0.15, -0.1) is 0 Å². The first-order chi connectivity index (χ1) is 9.34. The maximum Gasteiger partial charge on any atom is 0.176 e. The van der Waals surface area contributed by atoms with Gasteiger partial charge < -0.3 is 10.0 Å². The highest BCUT2D eigenvalue weighted by Crippen LogP contribution is 2.39. The van der Waals surface area contributed by atoms with Gasteiger partial charge in [-0.05, 0) is 37.1 Å². The Morgan fingerprint density at radius 2 is 1.38 bits per heavy atom. The molecule has 3 nitrogen and oxygen atoms in total. The van der Waals surface area contributed by atoms with E-state index in [1.165, 1.54) is 0 Å². The maximum atomic E-state index is 12.4. The third-order valence-electron chi connectivity index (χ3n) is 3.51. The van der Waals surface area contributed by atoms with E-state index in [4.69, 9.17) is 0 Å². The summed E-state index contributed by atoms with van der Waals surface area (Å²) in [6.45, 7) is 12.7. The Labute approximate surface area is 129 Å². The van der Waals surface area contributed by atoms with Crippen LogP contribution in [0.1, 0.15) is 63.0 Å². The number of benzene rings is 1. The summed E-state index contributed by atoms with van der Waals surface area (Å²) in [5.41, 5.74) is 1.92. The molecular formula is C18H29NO2. The molecule has 0 aliphatic carbocycles. The van der Waals surface area contributed by atoms with Gasteiger partial charge in [0.1, 0.15) is 5.75 Å². The standard InChI is InChI=1S/C18H29NO2/c1-17(2,3)13-9-12(15(20)11-19(7)8)10-14(16(13)21)18(4,5)6/h9-10,21H,11H2,1-8H3. The minimum absolute atomic E-state index is 0.0796. The number of hydrogen-bond acceptors (Lipinski definition) is 3. The van der Waals surface area contributed by atoms with Crippen LogP contribution in [0.15, 0.2) is 12.1 Å². The molecule has 0 saturated carbocycles. The van der Waals surface area contributed by atoms with Crippen LogP contribution < -0.4 is 0 Å². The van der Waals surface area contributed by atoms with Gasteiger partial charge in [-0.3, -0.25) is 4.79 Å². The molecule has 1 N–H and O–H groups in total. The van der Waals surface area contributed by atoms with Crippen molar-refractivity contribution in [3.05, 3.63) is 28.8 Å². The zero-order valence-electron chi connectivity index (χ0n) is 14.7. The van der Waals surface area contributed by atoms with Gasteiger partial charge in [0.2, 0.25) is 0 Å². The SMILES string of the molecule is CN(C)CC(=O)c1cc(C(C)(C)C)c(O)c(C(C)(C)C)c1. The molecule has 0 amide bonds. The molecule has 0 heterocycles. The summed E-state index contributed by atoms with van der Waals surface area (Å²) in [7, 11) is 3.77. The molecule has 0 saturated heterocycles. The molecule has 0 fully saturated rings. The van der Waals surface area contributed by atoms with Gasteiger partial charge in [-0.2, -0.15) is 0 Å². The Balaban J connectivity index is 3.51. The molecule has 0 radical (unpaired) electrons. The number of carbonyl (C=O) groups excluding carboxylic acids is 1. The van der Waals surface area contributed by atoms with E-state index in [1.54, 1.807) is 0 Å². The van der Waals surface area contributed by atoms with Gasteiger partial charge in [-0.25, -0.2) is 0 Å². The number of carbonyl (C=O) groups is 1. The third-order valence-corrected chi connectivity index (χ3v) is 3.51. The number of aromatic hydroxyl groups is 1. The van der Waals surface area contributed by atoms with Crippen LogP contribution in [-0.2, 0) is 10.8 Å². The second kappa shape index (κ2) is 5.80. The minimum atomic E-state index is -0.210. The topological polar surface area (TPSA) is 40.5 Å². The molecule has 1 rings (SSSR count). The molecule has 1 aromatic rings. The quantitative estimate of drug-likeness (QED) is 0.863. The van der Waals surface area contributed by atoms with Crippen molar-refractivity contribution in [1.82, 2.24) is 4.90 Å². The zero-order valence-corrected chi connectivity index (χ0v) is 14.7. The van der Waals surface area contributed by atoms with Crippen LogP contribution in [0.5, 0.6) is 5.75 Å². The summed E-state index contributed by atoms with van der Waals surface area (Å²) in [5.74, 6) is 0.396. The number of phenols is 1. The van der Waals surface area contributed by atoms with Gasteiger partial charge in [0, 0.05) is 16.7 Å². The summed E-state index contributed by atoms with van der Waals surface area (Å²) in [6, 6.07) is 3.69. The van der Waals surface area contributed by atoms with Crippen molar-refractivity contribution in [1.29, 1.82) is 0 Å². The average molecular weight is 291 g/mol. The predicted molar refractivity (Wildman–Crippen MR) is 88.4 cm³/mol. The fourth-order valence-electron chi connectivity index (χ4n) is 2.32. The van der Waals surface area contributed by atoms with Crippen LogP contribution in [0.25, 0.3) is 0 Å². The zero-order chi connectivity index (χ0) is 16.6. The van der Waals surface area contributed by atoms with Gasteiger partial charge in [0.25, 0.3) is 0 Å². The molecule has 0 unspecified atom stereocenters. The van der Waals surface area contributed by atoms with Crippen molar-refractivity contribution in [2.75, 3.05) is 20.6 Å². The van der Waals surface area contributed by atoms with E-state index in [-0.39, 0.29) is 16.6 Å². The number of phenolic OH excluding ortho intramolecular Hbond substituents is 1. The van der Waals surface area contributed by atoms with Crippen LogP contribution in [0, 0.1) is 0 Å². The predicted octanol–water partition coefficient (Wildman–Crippen LogP) is 3.73. The van der Waals surface area contributed by atoms with Crippen molar-refractivity contribution in [2.24, 2.45) is 0 Å². The first kappa shape index (κ1) is 17.7. The fraction of sp³-hybridized carbons (Fsp3) is 0.611. The number of hydrogen-bond donors (Lipinski definition) is 1. The minimum Gasteiger partial charge on any atom is -0.507 e. The van der Waals surface area contributed by atoms with Crippen molar-refractivity contribution >= 4 is 5.78 Å². The summed E-state index contributed by atoms with van der Waals surface area (Å²) in [4.78, 5) is 14.3.